The number of hydrogen-bond acceptors (Lipinski definition) is 8. The first-order valence-electron chi connectivity index (χ1n) is 16.8. The summed E-state index contributed by atoms with van der Waals surface area (Å²) in [4.78, 5) is 38.8. The monoisotopic (exact) mass is 679 g/mol. The zero-order valence-electron chi connectivity index (χ0n) is 27.6. The third-order valence-electron chi connectivity index (χ3n) is 11.1. The molecule has 3 fully saturated rings. The molecular weight excluding hydrogens is 643 g/mol. The van der Waals surface area contributed by atoms with Gasteiger partial charge in [0.05, 0.1) is 29.7 Å². The number of amides is 1. The van der Waals surface area contributed by atoms with Crippen molar-refractivity contribution in [3.63, 3.8) is 0 Å². The summed E-state index contributed by atoms with van der Waals surface area (Å²) in [5.74, 6) is 1.21. The molecule has 5 aromatic rings. The first-order valence-corrected chi connectivity index (χ1v) is 18.4. The lowest BCUT2D eigenvalue weighted by atomic mass is 10.0. The lowest BCUT2D eigenvalue weighted by Crippen LogP contribution is -2.41. The molecule has 2 N–H and O–H groups in total. The molecule has 12 nitrogen and oxygen atoms in total. The van der Waals surface area contributed by atoms with E-state index in [0.717, 1.165) is 65.9 Å². The molecule has 2 aliphatic carbocycles. The molecule has 4 aliphatic rings. The van der Waals surface area contributed by atoms with Gasteiger partial charge < -0.3 is 24.5 Å². The van der Waals surface area contributed by atoms with Gasteiger partial charge in [0.15, 0.2) is 11.6 Å². The summed E-state index contributed by atoms with van der Waals surface area (Å²) >= 11 is 0. The number of fused-ring (bicyclic) bond motifs is 5. The Balaban J connectivity index is 1.14. The normalized spacial score (nSPS) is 22.8. The summed E-state index contributed by atoms with van der Waals surface area (Å²) in [5.41, 5.74) is 12.3. The number of hydrogen-bond donors (Lipinski definition) is 1. The lowest BCUT2D eigenvalue weighted by Gasteiger charge is -2.27. The molecular formula is C36H37N7O5S. The van der Waals surface area contributed by atoms with Crippen molar-refractivity contribution in [2.45, 2.75) is 44.3 Å². The predicted molar refractivity (Wildman–Crippen MR) is 186 cm³/mol. The van der Waals surface area contributed by atoms with E-state index in [4.69, 9.17) is 20.4 Å². The average Bonchev–Trinajstić information content (AvgIpc) is 3.50. The fourth-order valence-corrected chi connectivity index (χ4v) is 9.31. The van der Waals surface area contributed by atoms with Gasteiger partial charge in [0.25, 0.3) is 5.91 Å². The molecule has 0 radical (unpaired) electrons. The minimum atomic E-state index is -3.67. The Morgan fingerprint density at radius 2 is 1.84 bits per heavy atom. The van der Waals surface area contributed by atoms with Crippen molar-refractivity contribution < 1.29 is 22.7 Å². The van der Waals surface area contributed by atoms with Crippen LogP contribution in [0.3, 0.4) is 0 Å². The number of ketones is 1. The standard InChI is InChI=1S/C36H37N7O5S/c1-40-33-26(13-23(15-31(33)48-3)36(45)43-17-22-8-11-28(43)32(22)37)39-35(40)29-14-21-6-9-25(38-34(21)42(29)16-19-4-5-19)20-7-10-27-24(12-20)30(44)18-49(46,47)41(27)2/h6-7,9-10,12-15,19,22,28,32H,4-5,8,11,16-18,37H2,1-3H3/t22?,28?,32-/m1/s1. The van der Waals surface area contributed by atoms with Gasteiger partial charge in [0.2, 0.25) is 10.0 Å². The van der Waals surface area contributed by atoms with E-state index in [9.17, 15) is 18.0 Å². The van der Waals surface area contributed by atoms with Gasteiger partial charge in [-0.1, -0.05) is 6.07 Å². The van der Waals surface area contributed by atoms with Crippen LogP contribution in [0.4, 0.5) is 5.69 Å². The number of anilines is 1. The smallest absolute Gasteiger partial charge is 0.254 e. The van der Waals surface area contributed by atoms with E-state index in [1.165, 1.54) is 11.4 Å². The molecule has 5 heterocycles. The number of likely N-dealkylation sites (tertiary alicyclic amines) is 1. The van der Waals surface area contributed by atoms with E-state index in [-0.39, 0.29) is 18.0 Å². The molecule has 2 aromatic carbocycles. The molecule has 3 atom stereocenters. The summed E-state index contributed by atoms with van der Waals surface area (Å²) in [6.45, 7) is 1.47. The molecule has 252 valence electrons. The topological polar surface area (TPSA) is 146 Å². The highest BCUT2D eigenvalue weighted by Gasteiger charge is 2.47. The Hall–Kier alpha value is -4.75. The predicted octanol–water partition coefficient (Wildman–Crippen LogP) is 4.20. The van der Waals surface area contributed by atoms with Crippen LogP contribution in [0.25, 0.3) is 44.8 Å². The van der Waals surface area contributed by atoms with Gasteiger partial charge in [-0.2, -0.15) is 0 Å². The highest BCUT2D eigenvalue weighted by Crippen LogP contribution is 2.41. The molecule has 2 saturated carbocycles. The van der Waals surface area contributed by atoms with Crippen LogP contribution in [0.5, 0.6) is 5.75 Å². The van der Waals surface area contributed by atoms with Crippen molar-refractivity contribution in [1.82, 2.24) is 24.0 Å². The number of sulfonamides is 1. The van der Waals surface area contributed by atoms with Crippen LogP contribution in [-0.2, 0) is 23.6 Å². The van der Waals surface area contributed by atoms with Crippen LogP contribution in [0.15, 0.2) is 48.5 Å². The van der Waals surface area contributed by atoms with E-state index in [2.05, 4.69) is 10.6 Å². The summed E-state index contributed by atoms with van der Waals surface area (Å²) < 4.78 is 36.1. The minimum Gasteiger partial charge on any atom is -0.494 e. The Labute approximate surface area is 283 Å². The Morgan fingerprint density at radius 1 is 1.02 bits per heavy atom. The van der Waals surface area contributed by atoms with Crippen molar-refractivity contribution in [2.24, 2.45) is 24.6 Å². The third-order valence-corrected chi connectivity index (χ3v) is 12.7. The van der Waals surface area contributed by atoms with Crippen LogP contribution in [0.1, 0.15) is 46.4 Å². The number of nitrogens with zero attached hydrogens (tertiary/aromatic N) is 6. The van der Waals surface area contributed by atoms with E-state index in [0.29, 0.717) is 52.2 Å². The van der Waals surface area contributed by atoms with Crippen LogP contribution in [-0.4, -0.2) is 82.6 Å². The number of carbonyl (C=O) groups excluding carboxylic acids is 2. The number of benzene rings is 2. The maximum atomic E-state index is 13.8. The van der Waals surface area contributed by atoms with Gasteiger partial charge in [-0.3, -0.25) is 13.9 Å². The molecule has 13 heteroatoms. The van der Waals surface area contributed by atoms with Crippen LogP contribution < -0.4 is 14.8 Å². The van der Waals surface area contributed by atoms with Crippen molar-refractivity contribution in [3.05, 3.63) is 59.7 Å². The van der Waals surface area contributed by atoms with Crippen molar-refractivity contribution in [1.29, 1.82) is 0 Å². The van der Waals surface area contributed by atoms with Gasteiger partial charge in [-0.05, 0) is 80.0 Å². The number of piperidine rings is 1. The fraction of sp³-hybridized carbons (Fsp3) is 0.389. The van der Waals surface area contributed by atoms with Gasteiger partial charge in [-0.15, -0.1) is 0 Å². The zero-order valence-corrected chi connectivity index (χ0v) is 28.4. The van der Waals surface area contributed by atoms with Crippen LogP contribution in [0, 0.1) is 11.8 Å². The summed E-state index contributed by atoms with van der Waals surface area (Å²) in [5, 5.41) is 0.953. The van der Waals surface area contributed by atoms with E-state index < -0.39 is 21.6 Å². The second-order valence-electron chi connectivity index (χ2n) is 14.1. The SMILES string of the molecule is COc1cc(C(=O)N2CC3CCC2[C@@H]3N)cc2nc(-c3cc4ccc(-c5ccc6c(c5)C(=O)CS(=O)(=O)N6C)nc4n3CC3CC3)n(C)c12. The van der Waals surface area contributed by atoms with Crippen molar-refractivity contribution in [2.75, 3.05) is 30.8 Å². The summed E-state index contributed by atoms with van der Waals surface area (Å²) in [7, 11) is 1.38. The number of methoxy groups -OCH3 is 1. The van der Waals surface area contributed by atoms with Gasteiger partial charge >= 0.3 is 0 Å². The highest BCUT2D eigenvalue weighted by atomic mass is 32.2. The molecule has 2 aliphatic heterocycles. The van der Waals surface area contributed by atoms with Gasteiger partial charge in [0, 0.05) is 61.3 Å². The second-order valence-corrected chi connectivity index (χ2v) is 16.1. The third kappa shape index (κ3) is 4.62. The average molecular weight is 680 g/mol. The number of Topliss-reactive ketones (excluding diaryl/α,β-unsaturated/α-hetero) is 1. The number of pyridine rings is 1. The second kappa shape index (κ2) is 10.6. The number of rotatable bonds is 6. The van der Waals surface area contributed by atoms with E-state index in [1.807, 2.05) is 46.8 Å². The lowest BCUT2D eigenvalue weighted by molar-refractivity contribution is 0.0700. The largest absolute Gasteiger partial charge is 0.494 e. The molecule has 1 saturated heterocycles. The van der Waals surface area contributed by atoms with Gasteiger partial charge in [-0.25, -0.2) is 18.4 Å². The number of aryl methyl sites for hydroxylation is 1. The molecule has 0 spiro atoms. The van der Waals surface area contributed by atoms with Crippen LogP contribution >= 0.6 is 0 Å². The number of carbonyl (C=O) groups is 2. The first kappa shape index (κ1) is 30.3. The van der Waals surface area contributed by atoms with Crippen LogP contribution in [0.2, 0.25) is 0 Å². The quantitative estimate of drug-likeness (QED) is 0.281. The Bertz CT molecular complexity index is 2360. The van der Waals surface area contributed by atoms with E-state index >= 15 is 0 Å². The maximum absolute atomic E-state index is 13.8. The molecule has 2 unspecified atom stereocenters. The molecule has 2 bridgehead atoms. The van der Waals surface area contributed by atoms with Gasteiger partial charge in [0.1, 0.15) is 22.7 Å². The fourth-order valence-electron chi connectivity index (χ4n) is 8.17. The number of aromatic nitrogens is 4. The maximum Gasteiger partial charge on any atom is 0.254 e. The Morgan fingerprint density at radius 3 is 2.55 bits per heavy atom. The highest BCUT2D eigenvalue weighted by molar-refractivity contribution is 7.93. The van der Waals surface area contributed by atoms with Crippen molar-refractivity contribution >= 4 is 49.5 Å². The number of imidazole rings is 1. The Kier molecular flexibility index (Phi) is 6.57. The summed E-state index contributed by atoms with van der Waals surface area (Å²) in [6.07, 6.45) is 4.31. The molecule has 9 rings (SSSR count). The number of nitrogens with two attached hydrogens (primary N) is 1. The molecule has 49 heavy (non-hydrogen) atoms. The molecule has 3 aromatic heterocycles. The minimum absolute atomic E-state index is 0.0354. The molecule has 1 amide bonds. The number of ether oxygens (including phenoxy) is 1. The first-order chi connectivity index (χ1) is 23.5. The van der Waals surface area contributed by atoms with E-state index in [1.54, 1.807) is 19.2 Å². The van der Waals surface area contributed by atoms with Crippen molar-refractivity contribution in [3.8, 4) is 28.5 Å². The summed E-state index contributed by atoms with van der Waals surface area (Å²) in [6, 6.07) is 15.1. The zero-order chi connectivity index (χ0) is 33.9.